The smallest absolute Gasteiger partial charge is 0.361 e. The van der Waals surface area contributed by atoms with Crippen LogP contribution in [0.1, 0.15) is 34.0 Å². The molecule has 0 aliphatic carbocycles. The van der Waals surface area contributed by atoms with Crippen LogP contribution in [-0.2, 0) is 24.1 Å². The largest absolute Gasteiger partial charge is 0.416 e. The zero-order chi connectivity index (χ0) is 24.3. The van der Waals surface area contributed by atoms with Crippen LogP contribution in [0.4, 0.5) is 13.2 Å². The first-order valence-corrected chi connectivity index (χ1v) is 10.7. The highest BCUT2D eigenvalue weighted by atomic mass is 19.4. The molecular weight excluding hydrogens is 451 g/mol. The number of alkyl halides is 3. The van der Waals surface area contributed by atoms with Gasteiger partial charge in [-0.3, -0.25) is 9.69 Å². The van der Waals surface area contributed by atoms with Gasteiger partial charge in [0.25, 0.3) is 0 Å². The lowest BCUT2D eigenvalue weighted by Gasteiger charge is -2.33. The Bertz CT molecular complexity index is 1180. The van der Waals surface area contributed by atoms with Crippen LogP contribution in [0.5, 0.6) is 0 Å². The second-order valence-corrected chi connectivity index (χ2v) is 8.14. The fraction of sp³-hybridized carbons (Fsp3) is 0.409. The van der Waals surface area contributed by atoms with Crippen LogP contribution in [0.25, 0.3) is 6.08 Å². The summed E-state index contributed by atoms with van der Waals surface area (Å²) < 4.78 is 44.8. The summed E-state index contributed by atoms with van der Waals surface area (Å²) in [6, 6.07) is 5.28. The molecule has 180 valence electrons. The second-order valence-electron chi connectivity index (χ2n) is 8.14. The van der Waals surface area contributed by atoms with E-state index in [0.29, 0.717) is 49.7 Å². The van der Waals surface area contributed by atoms with E-state index in [9.17, 15) is 18.0 Å². The molecule has 0 atom stereocenters. The second kappa shape index (κ2) is 9.75. The quantitative estimate of drug-likeness (QED) is 0.506. The third-order valence-electron chi connectivity index (χ3n) is 5.49. The first-order chi connectivity index (χ1) is 16.2. The average molecular weight is 475 g/mol. The van der Waals surface area contributed by atoms with Crippen molar-refractivity contribution in [1.29, 1.82) is 0 Å². The Morgan fingerprint density at radius 2 is 1.88 bits per heavy atom. The van der Waals surface area contributed by atoms with Crippen LogP contribution >= 0.6 is 0 Å². The lowest BCUT2D eigenvalue weighted by molar-refractivity contribution is -0.137. The third kappa shape index (κ3) is 5.87. The van der Waals surface area contributed by atoms with Crippen molar-refractivity contribution in [3.8, 4) is 0 Å². The van der Waals surface area contributed by atoms with E-state index in [0.717, 1.165) is 23.6 Å². The van der Waals surface area contributed by atoms with Gasteiger partial charge in [0.2, 0.25) is 5.91 Å². The fourth-order valence-corrected chi connectivity index (χ4v) is 3.74. The molecule has 0 bridgehead atoms. The summed E-state index contributed by atoms with van der Waals surface area (Å²) in [4.78, 5) is 17.8. The number of amides is 1. The number of aromatic nitrogens is 5. The number of halogens is 3. The Kier molecular flexibility index (Phi) is 6.77. The van der Waals surface area contributed by atoms with E-state index in [2.05, 4.69) is 25.5 Å². The van der Waals surface area contributed by atoms with Crippen LogP contribution in [0, 0.1) is 13.8 Å². The fourth-order valence-electron chi connectivity index (χ4n) is 3.74. The van der Waals surface area contributed by atoms with E-state index in [1.54, 1.807) is 11.8 Å². The molecule has 0 saturated carbocycles. The molecule has 1 aliphatic heterocycles. The van der Waals surface area contributed by atoms with E-state index in [1.807, 2.05) is 13.0 Å². The van der Waals surface area contributed by atoms with Crippen molar-refractivity contribution in [2.45, 2.75) is 33.1 Å². The molecular formula is C22H24F3N7O2. The van der Waals surface area contributed by atoms with Crippen molar-refractivity contribution in [3.05, 3.63) is 64.3 Å². The van der Waals surface area contributed by atoms with Gasteiger partial charge in [0.1, 0.15) is 5.76 Å². The van der Waals surface area contributed by atoms with Gasteiger partial charge in [-0.05, 0) is 48.4 Å². The first kappa shape index (κ1) is 23.6. The molecule has 1 saturated heterocycles. The van der Waals surface area contributed by atoms with Crippen molar-refractivity contribution in [1.82, 2.24) is 35.2 Å². The van der Waals surface area contributed by atoms with Crippen molar-refractivity contribution in [2.24, 2.45) is 0 Å². The maximum atomic E-state index is 13.2. The molecule has 1 amide bonds. The van der Waals surface area contributed by atoms with Crippen LogP contribution in [-0.4, -0.2) is 67.2 Å². The van der Waals surface area contributed by atoms with Gasteiger partial charge in [-0.25, -0.2) is 0 Å². The highest BCUT2D eigenvalue weighted by Crippen LogP contribution is 2.31. The minimum atomic E-state index is -4.48. The maximum absolute atomic E-state index is 13.2. The molecule has 0 radical (unpaired) electrons. The molecule has 0 spiro atoms. The number of rotatable bonds is 6. The SMILES string of the molecule is Cc1nnn(Cc2cc(C(F)(F)F)ccc2/C=C/C(=O)N2CCN(Cc3cc(C)on3)CC2)n1. The van der Waals surface area contributed by atoms with E-state index < -0.39 is 11.7 Å². The highest BCUT2D eigenvalue weighted by molar-refractivity contribution is 5.92. The Balaban J connectivity index is 1.42. The van der Waals surface area contributed by atoms with Gasteiger partial charge < -0.3 is 9.42 Å². The lowest BCUT2D eigenvalue weighted by atomic mass is 10.0. The van der Waals surface area contributed by atoms with Crippen LogP contribution in [0.15, 0.2) is 34.9 Å². The molecule has 12 heteroatoms. The number of nitrogens with zero attached hydrogens (tertiary/aromatic N) is 7. The summed E-state index contributed by atoms with van der Waals surface area (Å²) in [5.41, 5.74) is 0.894. The normalized spacial score (nSPS) is 15.4. The molecule has 1 aromatic carbocycles. The molecule has 34 heavy (non-hydrogen) atoms. The maximum Gasteiger partial charge on any atom is 0.416 e. The van der Waals surface area contributed by atoms with Crippen molar-refractivity contribution < 1.29 is 22.5 Å². The average Bonchev–Trinajstić information content (AvgIpc) is 3.39. The zero-order valence-corrected chi connectivity index (χ0v) is 18.8. The number of tetrazole rings is 1. The topological polar surface area (TPSA) is 93.2 Å². The first-order valence-electron chi connectivity index (χ1n) is 10.7. The molecule has 0 unspecified atom stereocenters. The Labute approximate surface area is 193 Å². The molecule has 3 aromatic rings. The standard InChI is InChI=1S/C22H24F3N7O2/c1-15-11-20(28-34-15)14-30-7-9-31(10-8-30)21(33)6-4-17-3-5-19(22(23,24)25)12-18(17)13-32-27-16(2)26-29-32/h3-6,11-12H,7-10,13-14H2,1-2H3/b6-4+. The van der Waals surface area contributed by atoms with Gasteiger partial charge in [-0.2, -0.15) is 18.0 Å². The number of hydrogen-bond acceptors (Lipinski definition) is 7. The van der Waals surface area contributed by atoms with E-state index in [-0.39, 0.29) is 12.5 Å². The van der Waals surface area contributed by atoms with E-state index >= 15 is 0 Å². The van der Waals surface area contributed by atoms with Gasteiger partial charge >= 0.3 is 6.18 Å². The van der Waals surface area contributed by atoms with Gasteiger partial charge in [0, 0.05) is 44.9 Å². The number of aryl methyl sites for hydroxylation is 2. The minimum absolute atomic E-state index is 0.00117. The summed E-state index contributed by atoms with van der Waals surface area (Å²) in [5, 5.41) is 15.6. The zero-order valence-electron chi connectivity index (χ0n) is 18.8. The minimum Gasteiger partial charge on any atom is -0.361 e. The summed E-state index contributed by atoms with van der Waals surface area (Å²) in [7, 11) is 0. The molecule has 2 aromatic heterocycles. The molecule has 0 N–H and O–H groups in total. The number of carbonyl (C=O) groups excluding carboxylic acids is 1. The Morgan fingerprint density at radius 3 is 2.50 bits per heavy atom. The predicted octanol–water partition coefficient (Wildman–Crippen LogP) is 2.70. The number of piperazine rings is 1. The monoisotopic (exact) mass is 475 g/mol. The van der Waals surface area contributed by atoms with Gasteiger partial charge in [0.05, 0.1) is 17.8 Å². The van der Waals surface area contributed by atoms with Gasteiger partial charge in [-0.15, -0.1) is 10.2 Å². The summed E-state index contributed by atoms with van der Waals surface area (Å²) in [6.07, 6.45) is -1.56. The molecule has 3 heterocycles. The molecule has 4 rings (SSSR count). The number of carbonyl (C=O) groups is 1. The summed E-state index contributed by atoms with van der Waals surface area (Å²) in [6.45, 7) is 6.60. The summed E-state index contributed by atoms with van der Waals surface area (Å²) in [5.74, 6) is 0.973. The molecule has 1 aliphatic rings. The van der Waals surface area contributed by atoms with E-state index in [4.69, 9.17) is 4.52 Å². The molecule has 1 fully saturated rings. The molecule has 9 nitrogen and oxygen atoms in total. The summed E-state index contributed by atoms with van der Waals surface area (Å²) >= 11 is 0. The Morgan fingerprint density at radius 1 is 1.12 bits per heavy atom. The van der Waals surface area contributed by atoms with Crippen LogP contribution in [0.2, 0.25) is 0 Å². The number of hydrogen-bond donors (Lipinski definition) is 0. The van der Waals surface area contributed by atoms with Crippen LogP contribution in [0.3, 0.4) is 0 Å². The Hall–Kier alpha value is -3.54. The number of benzene rings is 1. The van der Waals surface area contributed by atoms with Crippen molar-refractivity contribution in [3.63, 3.8) is 0 Å². The van der Waals surface area contributed by atoms with Crippen LogP contribution < -0.4 is 0 Å². The van der Waals surface area contributed by atoms with E-state index in [1.165, 1.54) is 23.0 Å². The van der Waals surface area contributed by atoms with Gasteiger partial charge in [-0.1, -0.05) is 11.2 Å². The predicted molar refractivity (Wildman–Crippen MR) is 115 cm³/mol. The third-order valence-corrected chi connectivity index (χ3v) is 5.49. The van der Waals surface area contributed by atoms with Crippen molar-refractivity contribution >= 4 is 12.0 Å². The highest BCUT2D eigenvalue weighted by Gasteiger charge is 2.31. The lowest BCUT2D eigenvalue weighted by Crippen LogP contribution is -2.47. The van der Waals surface area contributed by atoms with Gasteiger partial charge in [0.15, 0.2) is 5.82 Å². The van der Waals surface area contributed by atoms with Crippen molar-refractivity contribution in [2.75, 3.05) is 26.2 Å².